The first-order valence-electron chi connectivity index (χ1n) is 6.43. The highest BCUT2D eigenvalue weighted by molar-refractivity contribution is 5.68. The maximum Gasteiger partial charge on any atom is 0.305 e. The Hall–Kier alpha value is -0.610. The molecule has 4 nitrogen and oxygen atoms in total. The van der Waals surface area contributed by atoms with Crippen molar-refractivity contribution in [3.63, 3.8) is 0 Å². The van der Waals surface area contributed by atoms with Crippen molar-refractivity contribution in [2.75, 3.05) is 0 Å². The first-order chi connectivity index (χ1) is 7.87. The summed E-state index contributed by atoms with van der Waals surface area (Å²) < 4.78 is 4.76. The third-order valence-corrected chi connectivity index (χ3v) is 1.20. The summed E-state index contributed by atoms with van der Waals surface area (Å²) in [5.74, 6) is -0.125. The molecule has 0 radical (unpaired) electrons. The summed E-state index contributed by atoms with van der Waals surface area (Å²) in [6.45, 7) is 17.2. The number of ether oxygens (including phenoxy) is 1. The van der Waals surface area contributed by atoms with E-state index in [-0.39, 0.29) is 30.7 Å². The highest BCUT2D eigenvalue weighted by Crippen LogP contribution is 2.14. The quantitative estimate of drug-likeness (QED) is 0.432. The van der Waals surface area contributed by atoms with Crippen LogP contribution in [0, 0.1) is 0 Å². The van der Waals surface area contributed by atoms with E-state index >= 15 is 0 Å². The van der Waals surface area contributed by atoms with Crippen molar-refractivity contribution in [3.05, 3.63) is 0 Å². The van der Waals surface area contributed by atoms with Crippen LogP contribution in [0.25, 0.3) is 0 Å². The van der Waals surface area contributed by atoms with Crippen LogP contribution >= 0.6 is 0 Å². The molecule has 0 saturated heterocycles. The molecule has 0 aromatic rings. The highest BCUT2D eigenvalue weighted by atomic mass is 17.2. The molecule has 0 rings (SSSR count). The van der Waals surface area contributed by atoms with Gasteiger partial charge in [0, 0.05) is 6.42 Å². The van der Waals surface area contributed by atoms with Crippen molar-refractivity contribution in [2.24, 2.45) is 0 Å². The van der Waals surface area contributed by atoms with Gasteiger partial charge in [0.1, 0.15) is 0 Å². The van der Waals surface area contributed by atoms with E-state index < -0.39 is 0 Å². The number of hydrogen-bond donors (Lipinski definition) is 0. The molecule has 4 heteroatoms. The Morgan fingerprint density at radius 1 is 0.947 bits per heavy atom. The third-order valence-electron chi connectivity index (χ3n) is 1.20. The fraction of sp³-hybridized carbons (Fsp3) is 0.933. The van der Waals surface area contributed by atoms with Crippen LogP contribution in [-0.2, 0) is 19.3 Å². The fourth-order valence-electron chi connectivity index (χ4n) is 0.596. The fourth-order valence-corrected chi connectivity index (χ4v) is 0.596. The molecule has 0 heterocycles. The SMILES string of the molecule is C.CC(C)(C)OOC(C)(C)C.CCC(=O)OC(C)C. The van der Waals surface area contributed by atoms with E-state index in [1.54, 1.807) is 6.92 Å². The molecule has 0 saturated carbocycles. The molecule has 0 fully saturated rings. The lowest BCUT2D eigenvalue weighted by atomic mass is 10.2. The molecule has 0 aromatic carbocycles. The summed E-state index contributed by atoms with van der Waals surface area (Å²) in [6, 6.07) is 0. The second-order valence-corrected chi connectivity index (χ2v) is 6.28. The van der Waals surface area contributed by atoms with E-state index in [2.05, 4.69) is 0 Å². The molecule has 118 valence electrons. The minimum atomic E-state index is -0.215. The molecule has 0 aliphatic heterocycles. The first kappa shape index (κ1) is 23.5. The number of esters is 1. The van der Waals surface area contributed by atoms with Crippen LogP contribution in [0.3, 0.4) is 0 Å². The Bertz CT molecular complexity index is 207. The second kappa shape index (κ2) is 10.2. The maximum absolute atomic E-state index is 10.4. The Kier molecular flexibility index (Phi) is 12.6. The standard InChI is InChI=1S/C8H18O2.C6H12O2.CH4/c1-7(2,3)9-10-8(4,5)6;1-4-6(7)8-5(2)3;/h1-6H3;5H,4H2,1-3H3;1H4. The van der Waals surface area contributed by atoms with E-state index in [0.29, 0.717) is 6.42 Å². The van der Waals surface area contributed by atoms with Crippen LogP contribution in [0.1, 0.15) is 76.2 Å². The third kappa shape index (κ3) is 26.8. The monoisotopic (exact) mass is 278 g/mol. The summed E-state index contributed by atoms with van der Waals surface area (Å²) in [4.78, 5) is 20.6. The molecule has 0 N–H and O–H groups in total. The van der Waals surface area contributed by atoms with Crippen LogP contribution in [0.15, 0.2) is 0 Å². The predicted octanol–water partition coefficient (Wildman–Crippen LogP) is 4.52. The lowest BCUT2D eigenvalue weighted by molar-refractivity contribution is -0.393. The lowest BCUT2D eigenvalue weighted by Gasteiger charge is -2.24. The summed E-state index contributed by atoms with van der Waals surface area (Å²) >= 11 is 0. The van der Waals surface area contributed by atoms with Crippen molar-refractivity contribution < 1.29 is 19.3 Å². The Labute approximate surface area is 119 Å². The van der Waals surface area contributed by atoms with Gasteiger partial charge in [0.05, 0.1) is 17.3 Å². The molecule has 0 bridgehead atoms. The topological polar surface area (TPSA) is 44.8 Å². The molecular weight excluding hydrogens is 244 g/mol. The summed E-state index contributed by atoms with van der Waals surface area (Å²) in [5.41, 5.74) is -0.430. The lowest BCUT2D eigenvalue weighted by Crippen LogP contribution is -2.27. The number of carbonyl (C=O) groups excluding carboxylic acids is 1. The molecule has 0 amide bonds. The van der Waals surface area contributed by atoms with Crippen molar-refractivity contribution in [1.29, 1.82) is 0 Å². The van der Waals surface area contributed by atoms with Gasteiger partial charge in [0.2, 0.25) is 0 Å². The Morgan fingerprint density at radius 3 is 1.37 bits per heavy atom. The van der Waals surface area contributed by atoms with E-state index in [1.165, 1.54) is 0 Å². The summed E-state index contributed by atoms with van der Waals surface area (Å²) in [7, 11) is 0. The average molecular weight is 278 g/mol. The number of rotatable bonds is 3. The van der Waals surface area contributed by atoms with Crippen molar-refractivity contribution in [3.8, 4) is 0 Å². The van der Waals surface area contributed by atoms with Gasteiger partial charge in [0.15, 0.2) is 0 Å². The molecule has 0 unspecified atom stereocenters. The number of carbonyl (C=O) groups is 1. The minimum Gasteiger partial charge on any atom is -0.463 e. The Morgan fingerprint density at radius 2 is 1.26 bits per heavy atom. The zero-order valence-electron chi connectivity index (χ0n) is 13.4. The van der Waals surface area contributed by atoms with E-state index in [9.17, 15) is 4.79 Å². The largest absolute Gasteiger partial charge is 0.463 e. The predicted molar refractivity (Wildman–Crippen MR) is 79.9 cm³/mol. The van der Waals surface area contributed by atoms with Crippen LogP contribution in [0.4, 0.5) is 0 Å². The summed E-state index contributed by atoms with van der Waals surface area (Å²) in [5, 5.41) is 0. The normalized spacial score (nSPS) is 11.3. The first-order valence-corrected chi connectivity index (χ1v) is 6.43. The van der Waals surface area contributed by atoms with Crippen LogP contribution in [0.2, 0.25) is 0 Å². The van der Waals surface area contributed by atoms with Gasteiger partial charge >= 0.3 is 5.97 Å². The van der Waals surface area contributed by atoms with Gasteiger partial charge in [0.25, 0.3) is 0 Å². The number of hydrogen-bond acceptors (Lipinski definition) is 4. The minimum absolute atomic E-state index is 0. The maximum atomic E-state index is 10.4. The van der Waals surface area contributed by atoms with Crippen molar-refractivity contribution >= 4 is 5.97 Å². The average Bonchev–Trinajstić information content (AvgIpc) is 2.12. The van der Waals surface area contributed by atoms with Crippen LogP contribution in [0.5, 0.6) is 0 Å². The molecule has 0 spiro atoms. The molecule has 19 heavy (non-hydrogen) atoms. The summed E-state index contributed by atoms with van der Waals surface area (Å²) in [6.07, 6.45) is 0.500. The van der Waals surface area contributed by atoms with E-state index in [1.807, 2.05) is 55.4 Å². The molecule has 0 atom stereocenters. The van der Waals surface area contributed by atoms with Gasteiger partial charge in [-0.3, -0.25) is 4.79 Å². The molecule has 0 aliphatic carbocycles. The van der Waals surface area contributed by atoms with Crippen molar-refractivity contribution in [2.45, 2.75) is 93.5 Å². The van der Waals surface area contributed by atoms with Crippen LogP contribution < -0.4 is 0 Å². The molecular formula is C15H34O4. The van der Waals surface area contributed by atoms with Gasteiger partial charge in [-0.15, -0.1) is 0 Å². The second-order valence-electron chi connectivity index (χ2n) is 6.28. The zero-order chi connectivity index (χ0) is 15.0. The van der Waals surface area contributed by atoms with Gasteiger partial charge in [-0.25, -0.2) is 9.78 Å². The smallest absolute Gasteiger partial charge is 0.305 e. The zero-order valence-corrected chi connectivity index (χ0v) is 13.4. The highest BCUT2D eigenvalue weighted by Gasteiger charge is 2.18. The molecule has 0 aromatic heterocycles. The Balaban J connectivity index is -0.000000262. The van der Waals surface area contributed by atoms with E-state index in [0.717, 1.165) is 0 Å². The van der Waals surface area contributed by atoms with Crippen LogP contribution in [-0.4, -0.2) is 23.3 Å². The van der Waals surface area contributed by atoms with Gasteiger partial charge in [-0.05, 0) is 55.4 Å². The van der Waals surface area contributed by atoms with Gasteiger partial charge in [-0.1, -0.05) is 14.4 Å². The van der Waals surface area contributed by atoms with Gasteiger partial charge < -0.3 is 4.74 Å². The van der Waals surface area contributed by atoms with E-state index in [4.69, 9.17) is 14.5 Å². The van der Waals surface area contributed by atoms with Gasteiger partial charge in [-0.2, -0.15) is 0 Å². The molecule has 0 aliphatic rings. The van der Waals surface area contributed by atoms with Crippen molar-refractivity contribution in [1.82, 2.24) is 0 Å².